The van der Waals surface area contributed by atoms with Crippen molar-refractivity contribution in [3.63, 3.8) is 0 Å². The van der Waals surface area contributed by atoms with E-state index in [1.807, 2.05) is 24.3 Å². The van der Waals surface area contributed by atoms with Crippen molar-refractivity contribution in [2.75, 3.05) is 0 Å². The predicted molar refractivity (Wildman–Crippen MR) is 103 cm³/mol. The molecular formula is C19H15BrN4O3. The van der Waals surface area contributed by atoms with Crippen molar-refractivity contribution in [3.05, 3.63) is 74.6 Å². The molecule has 1 fully saturated rings. The molecule has 1 aliphatic rings. The van der Waals surface area contributed by atoms with Crippen LogP contribution in [-0.4, -0.2) is 22.0 Å². The molecule has 1 aromatic heterocycles. The Balaban J connectivity index is 1.53. The van der Waals surface area contributed by atoms with Crippen molar-refractivity contribution in [1.29, 1.82) is 0 Å². The third kappa shape index (κ3) is 3.12. The zero-order valence-corrected chi connectivity index (χ0v) is 15.7. The zero-order valence-electron chi connectivity index (χ0n) is 14.1. The minimum absolute atomic E-state index is 0.0396. The van der Waals surface area contributed by atoms with Gasteiger partial charge in [0, 0.05) is 9.86 Å². The van der Waals surface area contributed by atoms with Gasteiger partial charge >= 0.3 is 0 Å². The number of hydrazine groups is 1. The van der Waals surface area contributed by atoms with Gasteiger partial charge in [-0.2, -0.15) is 5.10 Å². The van der Waals surface area contributed by atoms with Crippen LogP contribution in [0.25, 0.3) is 10.8 Å². The Hall–Kier alpha value is -3.00. The number of amides is 2. The fraction of sp³-hybridized carbons (Fsp3) is 0.158. The molecule has 1 saturated carbocycles. The van der Waals surface area contributed by atoms with Gasteiger partial charge < -0.3 is 0 Å². The van der Waals surface area contributed by atoms with E-state index < -0.39 is 11.3 Å². The number of nitrogens with one attached hydrogen (secondary N) is 3. The normalized spacial score (nSPS) is 14.6. The number of H-pyrrole nitrogens is 1. The van der Waals surface area contributed by atoms with E-state index in [1.165, 1.54) is 0 Å². The largest absolute Gasteiger partial charge is 0.290 e. The van der Waals surface area contributed by atoms with Crippen LogP contribution in [0.1, 0.15) is 28.9 Å². The van der Waals surface area contributed by atoms with E-state index in [4.69, 9.17) is 0 Å². The van der Waals surface area contributed by atoms with Gasteiger partial charge in [-0.3, -0.25) is 25.2 Å². The van der Waals surface area contributed by atoms with Crippen molar-refractivity contribution in [3.8, 4) is 0 Å². The Morgan fingerprint density at radius 3 is 2.48 bits per heavy atom. The lowest BCUT2D eigenvalue weighted by atomic mass is 9.95. The molecule has 0 radical (unpaired) electrons. The highest BCUT2D eigenvalue weighted by atomic mass is 79.9. The minimum Gasteiger partial charge on any atom is -0.272 e. The Labute approximate surface area is 162 Å². The monoisotopic (exact) mass is 426 g/mol. The molecule has 0 aliphatic heterocycles. The first kappa shape index (κ1) is 17.4. The topological polar surface area (TPSA) is 104 Å². The number of hydrogen-bond acceptors (Lipinski definition) is 4. The van der Waals surface area contributed by atoms with Crippen LogP contribution in [0.4, 0.5) is 0 Å². The van der Waals surface area contributed by atoms with Crippen LogP contribution in [0.3, 0.4) is 0 Å². The summed E-state index contributed by atoms with van der Waals surface area (Å²) in [4.78, 5) is 37.0. The summed E-state index contributed by atoms with van der Waals surface area (Å²) in [6.07, 6.45) is 1.43. The number of nitrogens with zero attached hydrogens (tertiary/aromatic N) is 1. The number of aromatic nitrogens is 2. The summed E-state index contributed by atoms with van der Waals surface area (Å²) in [5, 5.41) is 6.90. The third-order valence-electron chi connectivity index (χ3n) is 4.76. The highest BCUT2D eigenvalue weighted by Gasteiger charge is 2.51. The molecule has 0 bridgehead atoms. The third-order valence-corrected chi connectivity index (χ3v) is 5.26. The number of carbonyl (C=O) groups excluding carboxylic acids is 2. The number of fused-ring (bicyclic) bond motifs is 1. The fourth-order valence-electron chi connectivity index (χ4n) is 3.14. The van der Waals surface area contributed by atoms with Gasteiger partial charge in [0.1, 0.15) is 0 Å². The molecule has 0 saturated heterocycles. The second-order valence-electron chi connectivity index (χ2n) is 6.45. The van der Waals surface area contributed by atoms with Gasteiger partial charge in [0.25, 0.3) is 11.5 Å². The molecule has 27 heavy (non-hydrogen) atoms. The molecule has 1 aliphatic carbocycles. The van der Waals surface area contributed by atoms with Crippen LogP contribution in [0.15, 0.2) is 57.8 Å². The van der Waals surface area contributed by atoms with Gasteiger partial charge in [-0.1, -0.05) is 46.3 Å². The molecule has 7 nitrogen and oxygen atoms in total. The van der Waals surface area contributed by atoms with E-state index in [2.05, 4.69) is 37.0 Å². The molecule has 0 atom stereocenters. The average Bonchev–Trinajstić information content (AvgIpc) is 3.48. The number of halogens is 1. The maximum atomic E-state index is 12.7. The number of aromatic amines is 1. The first-order chi connectivity index (χ1) is 13.0. The number of rotatable bonds is 3. The summed E-state index contributed by atoms with van der Waals surface area (Å²) in [7, 11) is 0. The van der Waals surface area contributed by atoms with Crippen molar-refractivity contribution in [2.24, 2.45) is 0 Å². The highest BCUT2D eigenvalue weighted by molar-refractivity contribution is 9.10. The van der Waals surface area contributed by atoms with E-state index in [-0.39, 0.29) is 17.2 Å². The van der Waals surface area contributed by atoms with Crippen molar-refractivity contribution in [1.82, 2.24) is 21.0 Å². The lowest BCUT2D eigenvalue weighted by Gasteiger charge is -2.16. The second kappa shape index (κ2) is 6.62. The van der Waals surface area contributed by atoms with Crippen LogP contribution in [-0.2, 0) is 10.2 Å². The fourth-order valence-corrected chi connectivity index (χ4v) is 3.54. The first-order valence-electron chi connectivity index (χ1n) is 8.35. The van der Waals surface area contributed by atoms with Gasteiger partial charge in [-0.05, 0) is 36.6 Å². The smallest absolute Gasteiger partial charge is 0.272 e. The molecule has 0 spiro atoms. The van der Waals surface area contributed by atoms with E-state index >= 15 is 0 Å². The molecule has 4 rings (SSSR count). The minimum atomic E-state index is -0.627. The molecule has 0 unspecified atom stereocenters. The lowest BCUT2D eigenvalue weighted by Crippen LogP contribution is -2.47. The van der Waals surface area contributed by atoms with Crippen LogP contribution in [0, 0.1) is 0 Å². The summed E-state index contributed by atoms with van der Waals surface area (Å²) in [5.74, 6) is -0.872. The maximum absolute atomic E-state index is 12.7. The highest BCUT2D eigenvalue weighted by Crippen LogP contribution is 2.48. The summed E-state index contributed by atoms with van der Waals surface area (Å²) in [5.41, 5.74) is 4.84. The summed E-state index contributed by atoms with van der Waals surface area (Å²) in [6, 6.07) is 14.2. The van der Waals surface area contributed by atoms with Gasteiger partial charge in [-0.15, -0.1) is 0 Å². The predicted octanol–water partition coefficient (Wildman–Crippen LogP) is 2.18. The quantitative estimate of drug-likeness (QED) is 0.558. The van der Waals surface area contributed by atoms with Gasteiger partial charge in [0.2, 0.25) is 5.91 Å². The molecule has 136 valence electrons. The molecule has 2 amide bonds. The lowest BCUT2D eigenvalue weighted by molar-refractivity contribution is -0.124. The van der Waals surface area contributed by atoms with Gasteiger partial charge in [0.15, 0.2) is 5.69 Å². The van der Waals surface area contributed by atoms with Crippen molar-refractivity contribution in [2.45, 2.75) is 18.3 Å². The standard InChI is InChI=1S/C19H15BrN4O3/c20-12-5-3-4-11(10-12)19(8-9-19)18(27)24-23-17(26)15-13-6-1-2-7-14(13)16(25)22-21-15/h1-7,10H,8-9H2,(H,22,25)(H,23,26)(H,24,27). The Bertz CT molecular complexity index is 1120. The van der Waals surface area contributed by atoms with Crippen molar-refractivity contribution >= 4 is 38.5 Å². The Kier molecular flexibility index (Phi) is 4.27. The summed E-state index contributed by atoms with van der Waals surface area (Å²) < 4.78 is 0.895. The van der Waals surface area contributed by atoms with E-state index in [1.54, 1.807) is 24.3 Å². The average molecular weight is 427 g/mol. The number of carbonyl (C=O) groups is 2. The van der Waals surface area contributed by atoms with Crippen LogP contribution in [0.2, 0.25) is 0 Å². The first-order valence-corrected chi connectivity index (χ1v) is 9.15. The van der Waals surface area contributed by atoms with Crippen LogP contribution >= 0.6 is 15.9 Å². The SMILES string of the molecule is O=C(NNC(=O)C1(c2cccc(Br)c2)CC1)c1n[nH]c(=O)c2ccccc12. The Morgan fingerprint density at radius 1 is 1.04 bits per heavy atom. The van der Waals surface area contributed by atoms with E-state index in [0.717, 1.165) is 10.0 Å². The summed E-state index contributed by atoms with van der Waals surface area (Å²) >= 11 is 3.41. The molecule has 8 heteroatoms. The van der Waals surface area contributed by atoms with Gasteiger partial charge in [-0.25, -0.2) is 5.10 Å². The molecular weight excluding hydrogens is 412 g/mol. The molecule has 1 heterocycles. The second-order valence-corrected chi connectivity index (χ2v) is 7.36. The molecule has 3 aromatic rings. The zero-order chi connectivity index (χ0) is 19.0. The van der Waals surface area contributed by atoms with E-state index in [0.29, 0.717) is 23.6 Å². The Morgan fingerprint density at radius 2 is 1.78 bits per heavy atom. The number of hydrogen-bond donors (Lipinski definition) is 3. The van der Waals surface area contributed by atoms with Crippen molar-refractivity contribution < 1.29 is 9.59 Å². The van der Waals surface area contributed by atoms with Gasteiger partial charge in [0.05, 0.1) is 10.8 Å². The maximum Gasteiger partial charge on any atom is 0.290 e. The van der Waals surface area contributed by atoms with Crippen LogP contribution in [0.5, 0.6) is 0 Å². The molecule has 3 N–H and O–H groups in total. The van der Waals surface area contributed by atoms with Crippen LogP contribution < -0.4 is 16.4 Å². The molecule has 2 aromatic carbocycles. The van der Waals surface area contributed by atoms with E-state index in [9.17, 15) is 14.4 Å². The number of benzene rings is 2. The summed E-state index contributed by atoms with van der Waals surface area (Å²) in [6.45, 7) is 0.